The number of rotatable bonds is 2. The van der Waals surface area contributed by atoms with Crippen molar-refractivity contribution in [3.63, 3.8) is 0 Å². The van der Waals surface area contributed by atoms with Gasteiger partial charge in [-0.1, -0.05) is 12.1 Å². The lowest BCUT2D eigenvalue weighted by molar-refractivity contribution is 0.480. The molecule has 0 spiro atoms. The molecule has 2 rings (SSSR count). The van der Waals surface area contributed by atoms with Gasteiger partial charge in [0.1, 0.15) is 5.75 Å². The second-order valence-corrected chi connectivity index (χ2v) is 4.16. The maximum Gasteiger partial charge on any atom is 0.151 e. The van der Waals surface area contributed by atoms with Gasteiger partial charge >= 0.3 is 0 Å². The molecule has 18 heavy (non-hydrogen) atoms. The van der Waals surface area contributed by atoms with E-state index in [0.717, 1.165) is 16.9 Å². The Morgan fingerprint density at radius 2 is 1.89 bits per heavy atom. The molecule has 0 aliphatic heterocycles. The normalized spacial score (nSPS) is 9.83. The number of nitrogens with two attached hydrogens (primary N) is 1. The monoisotopic (exact) mass is 238 g/mol. The van der Waals surface area contributed by atoms with Crippen LogP contribution >= 0.6 is 0 Å². The highest BCUT2D eigenvalue weighted by atomic mass is 16.5. The molecule has 2 N–H and O–H groups in total. The molecule has 0 atom stereocenters. The fraction of sp³-hybridized carbons (Fsp3) is 0.133. The summed E-state index contributed by atoms with van der Waals surface area (Å²) in [5, 5.41) is 8.87. The van der Waals surface area contributed by atoms with Gasteiger partial charge in [-0.2, -0.15) is 5.26 Å². The number of nitrogens with zero attached hydrogens (tertiary/aromatic N) is 1. The summed E-state index contributed by atoms with van der Waals surface area (Å²) < 4.78 is 5.79. The number of hydrogen-bond acceptors (Lipinski definition) is 3. The van der Waals surface area contributed by atoms with Crippen molar-refractivity contribution >= 4 is 5.69 Å². The zero-order valence-corrected chi connectivity index (χ0v) is 10.4. The Kier molecular flexibility index (Phi) is 3.20. The molecule has 0 aromatic heterocycles. The van der Waals surface area contributed by atoms with Crippen molar-refractivity contribution in [1.29, 1.82) is 5.26 Å². The maximum absolute atomic E-state index is 8.87. The molecule has 0 saturated heterocycles. The first-order valence-corrected chi connectivity index (χ1v) is 5.65. The van der Waals surface area contributed by atoms with Gasteiger partial charge in [-0.15, -0.1) is 0 Å². The Labute approximate surface area is 106 Å². The smallest absolute Gasteiger partial charge is 0.151 e. The summed E-state index contributed by atoms with van der Waals surface area (Å²) in [7, 11) is 0. The maximum atomic E-state index is 8.87. The number of anilines is 1. The third-order valence-corrected chi connectivity index (χ3v) is 2.92. The van der Waals surface area contributed by atoms with Crippen LogP contribution in [0.4, 0.5) is 5.69 Å². The Morgan fingerprint density at radius 1 is 1.11 bits per heavy atom. The quantitative estimate of drug-likeness (QED) is 0.814. The molecule has 0 bridgehead atoms. The van der Waals surface area contributed by atoms with Gasteiger partial charge in [0.2, 0.25) is 0 Å². The van der Waals surface area contributed by atoms with Gasteiger partial charge in [0, 0.05) is 6.07 Å². The molecule has 3 nitrogen and oxygen atoms in total. The average Bonchev–Trinajstić information content (AvgIpc) is 2.37. The second-order valence-electron chi connectivity index (χ2n) is 4.16. The van der Waals surface area contributed by atoms with Crippen molar-refractivity contribution in [2.45, 2.75) is 13.8 Å². The van der Waals surface area contributed by atoms with E-state index in [1.54, 1.807) is 18.2 Å². The summed E-state index contributed by atoms with van der Waals surface area (Å²) in [5.41, 5.74) is 9.12. The van der Waals surface area contributed by atoms with E-state index in [2.05, 4.69) is 6.07 Å². The van der Waals surface area contributed by atoms with Gasteiger partial charge in [0.25, 0.3) is 0 Å². The number of hydrogen-bond donors (Lipinski definition) is 1. The number of ether oxygens (including phenoxy) is 1. The predicted octanol–water partition coefficient (Wildman–Crippen LogP) is 3.55. The fourth-order valence-electron chi connectivity index (χ4n) is 1.65. The lowest BCUT2D eigenvalue weighted by atomic mass is 10.1. The van der Waals surface area contributed by atoms with E-state index in [1.165, 1.54) is 0 Å². The summed E-state index contributed by atoms with van der Waals surface area (Å²) in [4.78, 5) is 0. The number of aryl methyl sites for hydroxylation is 1. The molecular formula is C15H14N2O. The van der Waals surface area contributed by atoms with Gasteiger partial charge in [0.05, 0.1) is 17.3 Å². The van der Waals surface area contributed by atoms with Crippen LogP contribution in [0.5, 0.6) is 11.5 Å². The molecule has 0 fully saturated rings. The molecule has 2 aromatic rings. The molecule has 3 heteroatoms. The number of benzene rings is 2. The van der Waals surface area contributed by atoms with E-state index in [1.807, 2.05) is 32.0 Å². The summed E-state index contributed by atoms with van der Waals surface area (Å²) in [6.07, 6.45) is 0. The van der Waals surface area contributed by atoms with Crippen LogP contribution in [0.2, 0.25) is 0 Å². The zero-order valence-electron chi connectivity index (χ0n) is 10.4. The van der Waals surface area contributed by atoms with Crippen LogP contribution in [-0.2, 0) is 0 Å². The Morgan fingerprint density at radius 3 is 2.61 bits per heavy atom. The van der Waals surface area contributed by atoms with Crippen LogP contribution < -0.4 is 10.5 Å². The molecule has 0 radical (unpaired) electrons. The van der Waals surface area contributed by atoms with Crippen molar-refractivity contribution < 1.29 is 4.74 Å². The van der Waals surface area contributed by atoms with E-state index >= 15 is 0 Å². The summed E-state index contributed by atoms with van der Waals surface area (Å²) in [6.45, 7) is 4.02. The Bertz CT molecular complexity index is 627. The summed E-state index contributed by atoms with van der Waals surface area (Å²) in [6, 6.07) is 12.9. The summed E-state index contributed by atoms with van der Waals surface area (Å²) >= 11 is 0. The van der Waals surface area contributed by atoms with Gasteiger partial charge in [0.15, 0.2) is 5.75 Å². The van der Waals surface area contributed by atoms with Crippen LogP contribution in [0.1, 0.15) is 16.7 Å². The van der Waals surface area contributed by atoms with E-state index in [4.69, 9.17) is 15.7 Å². The van der Waals surface area contributed by atoms with Crippen molar-refractivity contribution in [3.05, 3.63) is 53.1 Å². The molecule has 2 aromatic carbocycles. The standard InChI is InChI=1S/C15H14N2O/c1-10-4-3-5-14(11(10)2)18-15-8-12(9-16)6-7-13(15)17/h3-8H,17H2,1-2H3. The topological polar surface area (TPSA) is 59.0 Å². The summed E-state index contributed by atoms with van der Waals surface area (Å²) in [5.74, 6) is 1.28. The molecule has 0 heterocycles. The molecule has 0 unspecified atom stereocenters. The minimum absolute atomic E-state index is 0.516. The van der Waals surface area contributed by atoms with Gasteiger partial charge in [-0.3, -0.25) is 0 Å². The second kappa shape index (κ2) is 4.80. The van der Waals surface area contributed by atoms with Crippen molar-refractivity contribution in [2.75, 3.05) is 5.73 Å². The van der Waals surface area contributed by atoms with E-state index in [-0.39, 0.29) is 0 Å². The molecule has 90 valence electrons. The lowest BCUT2D eigenvalue weighted by Gasteiger charge is -2.12. The predicted molar refractivity (Wildman–Crippen MR) is 71.6 cm³/mol. The first-order chi connectivity index (χ1) is 8.61. The van der Waals surface area contributed by atoms with Crippen molar-refractivity contribution in [3.8, 4) is 17.6 Å². The molecule has 0 aliphatic carbocycles. The first-order valence-electron chi connectivity index (χ1n) is 5.65. The molecule has 0 saturated carbocycles. The van der Waals surface area contributed by atoms with Gasteiger partial charge in [-0.25, -0.2) is 0 Å². The minimum atomic E-state index is 0.516. The number of nitrogen functional groups attached to an aromatic ring is 1. The highest BCUT2D eigenvalue weighted by Crippen LogP contribution is 2.31. The largest absolute Gasteiger partial charge is 0.455 e. The molecule has 0 aliphatic rings. The zero-order chi connectivity index (χ0) is 13.1. The minimum Gasteiger partial charge on any atom is -0.455 e. The average molecular weight is 238 g/mol. The van der Waals surface area contributed by atoms with Crippen molar-refractivity contribution in [2.24, 2.45) is 0 Å². The Hall–Kier alpha value is -2.47. The molecule has 0 amide bonds. The van der Waals surface area contributed by atoms with Crippen LogP contribution in [0.25, 0.3) is 0 Å². The van der Waals surface area contributed by atoms with Crippen molar-refractivity contribution in [1.82, 2.24) is 0 Å². The SMILES string of the molecule is Cc1cccc(Oc2cc(C#N)ccc2N)c1C. The van der Waals surface area contributed by atoms with E-state index in [0.29, 0.717) is 17.0 Å². The fourth-order valence-corrected chi connectivity index (χ4v) is 1.65. The van der Waals surface area contributed by atoms with Gasteiger partial charge in [-0.05, 0) is 43.2 Å². The Balaban J connectivity index is 2.40. The number of nitriles is 1. The highest BCUT2D eigenvalue weighted by Gasteiger charge is 2.07. The first kappa shape index (κ1) is 12.0. The van der Waals surface area contributed by atoms with Crippen LogP contribution in [0, 0.1) is 25.2 Å². The third-order valence-electron chi connectivity index (χ3n) is 2.92. The van der Waals surface area contributed by atoms with Gasteiger partial charge < -0.3 is 10.5 Å². The lowest BCUT2D eigenvalue weighted by Crippen LogP contribution is -1.95. The van der Waals surface area contributed by atoms with Crippen LogP contribution in [0.15, 0.2) is 36.4 Å². The van der Waals surface area contributed by atoms with E-state index < -0.39 is 0 Å². The van der Waals surface area contributed by atoms with E-state index in [9.17, 15) is 0 Å². The molecular weight excluding hydrogens is 224 g/mol. The third kappa shape index (κ3) is 2.28. The highest BCUT2D eigenvalue weighted by molar-refractivity contribution is 5.58. The van der Waals surface area contributed by atoms with Crippen LogP contribution in [0.3, 0.4) is 0 Å². The van der Waals surface area contributed by atoms with Crippen LogP contribution in [-0.4, -0.2) is 0 Å².